The monoisotopic (exact) mass is 338 g/mol. The molecule has 1 atom stereocenters. The number of anilines is 1. The molecule has 0 saturated carbocycles. The Kier molecular flexibility index (Phi) is 4.03. The van der Waals surface area contributed by atoms with Crippen molar-refractivity contribution in [1.82, 2.24) is 15.1 Å². The molecule has 0 aromatic carbocycles. The second-order valence-corrected chi connectivity index (χ2v) is 7.70. The van der Waals surface area contributed by atoms with Crippen molar-refractivity contribution in [2.24, 2.45) is 5.92 Å². The molecule has 1 N–H and O–H groups in total. The molecule has 2 fully saturated rings. The van der Waals surface area contributed by atoms with Crippen molar-refractivity contribution >= 4 is 28.3 Å². The summed E-state index contributed by atoms with van der Waals surface area (Å²) in [5, 5.41) is 19.9. The first-order valence-electron chi connectivity index (χ1n) is 7.93. The molecule has 1 spiro atoms. The molecular weight excluding hydrogens is 316 g/mol. The van der Waals surface area contributed by atoms with Gasteiger partial charge in [-0.05, 0) is 12.8 Å². The number of carboxylic acid groups (broad SMARTS) is 1. The lowest BCUT2D eigenvalue weighted by Gasteiger charge is -2.45. The largest absolute Gasteiger partial charge is 0.481 e. The van der Waals surface area contributed by atoms with Gasteiger partial charge in [0, 0.05) is 32.5 Å². The molecule has 1 aromatic rings. The predicted octanol–water partition coefficient (Wildman–Crippen LogP) is 1.56. The van der Waals surface area contributed by atoms with Gasteiger partial charge >= 0.3 is 5.97 Å². The minimum atomic E-state index is -0.867. The van der Waals surface area contributed by atoms with Crippen molar-refractivity contribution in [2.75, 3.05) is 25.0 Å². The Bertz CT molecular complexity index is 622. The lowest BCUT2D eigenvalue weighted by Crippen LogP contribution is -2.56. The molecule has 7 nitrogen and oxygen atoms in total. The minimum absolute atomic E-state index is 0.0659. The lowest BCUT2D eigenvalue weighted by atomic mass is 9.77. The molecule has 2 saturated heterocycles. The van der Waals surface area contributed by atoms with Gasteiger partial charge < -0.3 is 14.9 Å². The quantitative estimate of drug-likeness (QED) is 0.900. The van der Waals surface area contributed by atoms with Gasteiger partial charge in [0.05, 0.1) is 11.5 Å². The van der Waals surface area contributed by atoms with E-state index in [1.165, 1.54) is 0 Å². The SMILES string of the molecule is CC(C)c1nnc(N2CCC3(CC2)[C@H](C(=O)O)CC(=O)N3C)s1. The number of piperidine rings is 1. The van der Waals surface area contributed by atoms with Crippen LogP contribution in [0, 0.1) is 5.92 Å². The van der Waals surface area contributed by atoms with Gasteiger partial charge in [-0.1, -0.05) is 25.2 Å². The van der Waals surface area contributed by atoms with Crippen molar-refractivity contribution < 1.29 is 14.7 Å². The zero-order chi connectivity index (χ0) is 16.8. The van der Waals surface area contributed by atoms with Crippen molar-refractivity contribution in [3.05, 3.63) is 5.01 Å². The standard InChI is InChI=1S/C15H22N4O3S/c1-9(2)12-16-17-14(23-12)19-6-4-15(5-7-19)10(13(21)22)8-11(20)18(15)3/h9-10H,4-8H2,1-3H3,(H,21,22)/t10-/m0/s1. The van der Waals surface area contributed by atoms with Crippen molar-refractivity contribution in [3.8, 4) is 0 Å². The van der Waals surface area contributed by atoms with Crippen LogP contribution in [0.25, 0.3) is 0 Å². The molecule has 2 aliphatic rings. The fraction of sp³-hybridized carbons (Fsp3) is 0.733. The third kappa shape index (κ3) is 2.58. The van der Waals surface area contributed by atoms with E-state index in [0.717, 1.165) is 10.1 Å². The van der Waals surface area contributed by atoms with E-state index in [0.29, 0.717) is 31.8 Å². The van der Waals surface area contributed by atoms with E-state index in [9.17, 15) is 14.7 Å². The highest BCUT2D eigenvalue weighted by Gasteiger charge is 2.55. The fourth-order valence-corrected chi connectivity index (χ4v) is 4.56. The van der Waals surface area contributed by atoms with Gasteiger partial charge in [-0.15, -0.1) is 10.2 Å². The van der Waals surface area contributed by atoms with Crippen molar-refractivity contribution in [3.63, 3.8) is 0 Å². The smallest absolute Gasteiger partial charge is 0.309 e. The molecule has 3 rings (SSSR count). The molecule has 0 aliphatic carbocycles. The first-order chi connectivity index (χ1) is 10.8. The van der Waals surface area contributed by atoms with Crippen LogP contribution in [0.1, 0.15) is 44.0 Å². The Morgan fingerprint density at radius 3 is 2.52 bits per heavy atom. The number of aliphatic carboxylic acids is 1. The van der Waals surface area contributed by atoms with Crippen LogP contribution >= 0.6 is 11.3 Å². The third-order valence-electron chi connectivity index (χ3n) is 5.19. The molecule has 23 heavy (non-hydrogen) atoms. The Labute approximate surface area is 139 Å². The number of amides is 1. The summed E-state index contributed by atoms with van der Waals surface area (Å²) < 4.78 is 0. The summed E-state index contributed by atoms with van der Waals surface area (Å²) >= 11 is 1.59. The Hall–Kier alpha value is -1.70. The minimum Gasteiger partial charge on any atom is -0.481 e. The number of carboxylic acids is 1. The Balaban J connectivity index is 1.76. The molecule has 0 radical (unpaired) electrons. The molecule has 1 amide bonds. The topological polar surface area (TPSA) is 86.6 Å². The maximum absolute atomic E-state index is 12.0. The average molecular weight is 338 g/mol. The highest BCUT2D eigenvalue weighted by atomic mass is 32.1. The molecule has 0 bridgehead atoms. The van der Waals surface area contributed by atoms with E-state index in [4.69, 9.17) is 0 Å². The van der Waals surface area contributed by atoms with Crippen LogP contribution in [0.2, 0.25) is 0 Å². The van der Waals surface area contributed by atoms with Crippen LogP contribution in [0.4, 0.5) is 5.13 Å². The number of hydrogen-bond donors (Lipinski definition) is 1. The number of carbonyl (C=O) groups excluding carboxylic acids is 1. The van der Waals surface area contributed by atoms with Crippen molar-refractivity contribution in [2.45, 2.75) is 44.6 Å². The molecule has 1 aromatic heterocycles. The zero-order valence-electron chi connectivity index (χ0n) is 13.7. The maximum atomic E-state index is 12.0. The average Bonchev–Trinajstić information content (AvgIpc) is 3.09. The van der Waals surface area contributed by atoms with Gasteiger partial charge in [0.2, 0.25) is 11.0 Å². The highest BCUT2D eigenvalue weighted by Crippen LogP contribution is 2.43. The number of nitrogens with zero attached hydrogens (tertiary/aromatic N) is 4. The van der Waals surface area contributed by atoms with Crippen LogP contribution in [-0.2, 0) is 9.59 Å². The van der Waals surface area contributed by atoms with Gasteiger partial charge in [-0.2, -0.15) is 0 Å². The summed E-state index contributed by atoms with van der Waals surface area (Å²) in [4.78, 5) is 27.4. The number of carbonyl (C=O) groups is 2. The van der Waals surface area contributed by atoms with E-state index in [1.54, 1.807) is 23.3 Å². The number of likely N-dealkylation sites (tertiary alicyclic amines) is 1. The number of rotatable bonds is 3. The van der Waals surface area contributed by atoms with Crippen LogP contribution in [0.5, 0.6) is 0 Å². The van der Waals surface area contributed by atoms with Gasteiger partial charge in [0.25, 0.3) is 0 Å². The van der Waals surface area contributed by atoms with Crippen LogP contribution < -0.4 is 4.90 Å². The zero-order valence-corrected chi connectivity index (χ0v) is 14.5. The van der Waals surface area contributed by atoms with Crippen molar-refractivity contribution in [1.29, 1.82) is 0 Å². The van der Waals surface area contributed by atoms with Gasteiger partial charge in [0.1, 0.15) is 5.01 Å². The van der Waals surface area contributed by atoms with E-state index < -0.39 is 17.4 Å². The predicted molar refractivity (Wildman–Crippen MR) is 86.7 cm³/mol. The fourth-order valence-electron chi connectivity index (χ4n) is 3.66. The summed E-state index contributed by atoms with van der Waals surface area (Å²) in [7, 11) is 1.74. The normalized spacial score (nSPS) is 24.0. The summed E-state index contributed by atoms with van der Waals surface area (Å²) in [5.74, 6) is -1.19. The Morgan fingerprint density at radius 1 is 1.35 bits per heavy atom. The number of aromatic nitrogens is 2. The summed E-state index contributed by atoms with van der Waals surface area (Å²) in [6.07, 6.45) is 1.42. The van der Waals surface area contributed by atoms with Crippen LogP contribution in [0.15, 0.2) is 0 Å². The second-order valence-electron chi connectivity index (χ2n) is 6.72. The highest BCUT2D eigenvalue weighted by molar-refractivity contribution is 7.15. The molecule has 2 aliphatic heterocycles. The summed E-state index contributed by atoms with van der Waals surface area (Å²) in [5.41, 5.74) is -0.551. The molecular formula is C15H22N4O3S. The summed E-state index contributed by atoms with van der Waals surface area (Å²) in [6.45, 7) is 5.58. The number of hydrogen-bond acceptors (Lipinski definition) is 6. The summed E-state index contributed by atoms with van der Waals surface area (Å²) in [6, 6.07) is 0. The first kappa shape index (κ1) is 16.2. The van der Waals surface area contributed by atoms with E-state index in [-0.39, 0.29) is 12.3 Å². The molecule has 8 heteroatoms. The first-order valence-corrected chi connectivity index (χ1v) is 8.74. The lowest BCUT2D eigenvalue weighted by molar-refractivity contribution is -0.145. The van der Waals surface area contributed by atoms with Gasteiger partial charge in [-0.25, -0.2) is 0 Å². The van der Waals surface area contributed by atoms with Gasteiger partial charge in [0.15, 0.2) is 0 Å². The van der Waals surface area contributed by atoms with E-state index in [1.807, 2.05) is 0 Å². The maximum Gasteiger partial charge on any atom is 0.309 e. The van der Waals surface area contributed by atoms with Crippen LogP contribution in [-0.4, -0.2) is 57.8 Å². The second kappa shape index (κ2) is 5.74. The Morgan fingerprint density at radius 2 is 2.00 bits per heavy atom. The molecule has 3 heterocycles. The van der Waals surface area contributed by atoms with E-state index >= 15 is 0 Å². The van der Waals surface area contributed by atoms with Crippen LogP contribution in [0.3, 0.4) is 0 Å². The molecule has 0 unspecified atom stereocenters. The third-order valence-corrected chi connectivity index (χ3v) is 6.48. The molecule has 126 valence electrons. The van der Waals surface area contributed by atoms with Gasteiger partial charge in [-0.3, -0.25) is 9.59 Å². The van der Waals surface area contributed by atoms with E-state index in [2.05, 4.69) is 28.9 Å².